The number of carboxylic acids is 4. The second-order valence-corrected chi connectivity index (χ2v) is 7.78. The van der Waals surface area contributed by atoms with Gasteiger partial charge in [-0.15, -0.1) is 0 Å². The van der Waals surface area contributed by atoms with Crippen LogP contribution in [-0.2, 0) is 14.3 Å². The second kappa shape index (κ2) is 21.5. The van der Waals surface area contributed by atoms with Crippen molar-refractivity contribution in [3.8, 4) is 0 Å². The van der Waals surface area contributed by atoms with Gasteiger partial charge in [0.25, 0.3) is 0 Å². The lowest BCUT2D eigenvalue weighted by Crippen LogP contribution is -2.19. The summed E-state index contributed by atoms with van der Waals surface area (Å²) in [4.78, 5) is 41.1. The monoisotopic (exact) mass is 502 g/mol. The average molecular weight is 503 g/mol. The van der Waals surface area contributed by atoms with Crippen LogP contribution in [0.1, 0.15) is 85.9 Å². The summed E-state index contributed by atoms with van der Waals surface area (Å²) in [6.45, 7) is 3.70. The van der Waals surface area contributed by atoms with Gasteiger partial charge in [-0.2, -0.15) is 0 Å². The molecule has 0 amide bonds. The topological polar surface area (TPSA) is 199 Å². The molecule has 0 spiro atoms. The molecular formula is C24H38O11. The molecule has 0 fully saturated rings. The summed E-state index contributed by atoms with van der Waals surface area (Å²) in [5.41, 5.74) is -0.0372. The van der Waals surface area contributed by atoms with Gasteiger partial charge in [0.15, 0.2) is 0 Å². The van der Waals surface area contributed by atoms with Crippen LogP contribution in [0.4, 0.5) is 0 Å². The molecule has 0 aliphatic rings. The van der Waals surface area contributed by atoms with Gasteiger partial charge in [0.1, 0.15) is 0 Å². The Balaban J connectivity index is 0. The first kappa shape index (κ1) is 34.1. The van der Waals surface area contributed by atoms with Gasteiger partial charge in [-0.05, 0) is 44.9 Å². The van der Waals surface area contributed by atoms with Crippen LogP contribution in [0.2, 0.25) is 0 Å². The normalized spacial score (nSPS) is 11.7. The van der Waals surface area contributed by atoms with Gasteiger partial charge in [-0.3, -0.25) is 9.59 Å². The number of hydrogen-bond acceptors (Lipinski definition) is 7. The quantitative estimate of drug-likeness (QED) is 0.193. The first-order valence-electron chi connectivity index (χ1n) is 11.3. The number of unbranched alkanes of at least 4 members (excludes halogenated alkanes) is 5. The summed E-state index contributed by atoms with van der Waals surface area (Å²) in [6, 6.07) is 5.20. The highest BCUT2D eigenvalue weighted by molar-refractivity contribution is 5.93. The lowest BCUT2D eigenvalue weighted by Gasteiger charge is -2.10. The Morgan fingerprint density at radius 3 is 1.49 bits per heavy atom. The number of ether oxygens (including phenoxy) is 1. The number of aliphatic hydroxyl groups is 2. The Kier molecular flexibility index (Phi) is 21.0. The zero-order valence-corrected chi connectivity index (χ0v) is 20.3. The molecule has 0 aromatic heterocycles. The summed E-state index contributed by atoms with van der Waals surface area (Å²) in [7, 11) is 0. The minimum Gasteiger partial charge on any atom is -0.481 e. The van der Waals surface area contributed by atoms with Gasteiger partial charge in [0, 0.05) is 12.8 Å². The van der Waals surface area contributed by atoms with Crippen LogP contribution in [-0.4, -0.2) is 79.9 Å². The van der Waals surface area contributed by atoms with Crippen molar-refractivity contribution in [1.82, 2.24) is 0 Å². The number of aromatic carboxylic acids is 2. The first-order valence-corrected chi connectivity index (χ1v) is 11.3. The van der Waals surface area contributed by atoms with E-state index in [1.54, 1.807) is 13.8 Å². The minimum atomic E-state index is -1.13. The van der Waals surface area contributed by atoms with Gasteiger partial charge in [-0.25, -0.2) is 9.59 Å². The molecule has 1 rings (SSSR count). The van der Waals surface area contributed by atoms with Gasteiger partial charge in [-0.1, -0.05) is 31.7 Å². The summed E-state index contributed by atoms with van der Waals surface area (Å²) in [5, 5.41) is 50.8. The van der Waals surface area contributed by atoms with E-state index in [2.05, 4.69) is 0 Å². The van der Waals surface area contributed by atoms with Crippen molar-refractivity contribution in [2.24, 2.45) is 0 Å². The second-order valence-electron chi connectivity index (χ2n) is 7.78. The van der Waals surface area contributed by atoms with E-state index >= 15 is 0 Å². The maximum Gasteiger partial charge on any atom is 0.335 e. The Bertz CT molecular complexity index is 697. The molecule has 0 aliphatic carbocycles. The van der Waals surface area contributed by atoms with E-state index in [1.807, 2.05) is 0 Å². The lowest BCUT2D eigenvalue weighted by atomic mass is 10.1. The molecule has 11 heteroatoms. The van der Waals surface area contributed by atoms with Crippen LogP contribution < -0.4 is 0 Å². The molecule has 0 saturated heterocycles. The van der Waals surface area contributed by atoms with Gasteiger partial charge in [0.05, 0.1) is 36.5 Å². The predicted octanol–water partition coefficient (Wildman–Crippen LogP) is 3.12. The van der Waals surface area contributed by atoms with Crippen LogP contribution in [0.25, 0.3) is 0 Å². The molecule has 0 aliphatic heterocycles. The first-order chi connectivity index (χ1) is 16.4. The molecule has 1 aromatic rings. The van der Waals surface area contributed by atoms with E-state index in [9.17, 15) is 19.2 Å². The molecule has 0 radical (unpaired) electrons. The Hall–Kier alpha value is -3.02. The van der Waals surface area contributed by atoms with E-state index in [4.69, 9.17) is 35.4 Å². The molecule has 200 valence electrons. The van der Waals surface area contributed by atoms with Crippen molar-refractivity contribution in [1.29, 1.82) is 0 Å². The summed E-state index contributed by atoms with van der Waals surface area (Å²) < 4.78 is 4.95. The van der Waals surface area contributed by atoms with Crippen molar-refractivity contribution in [3.05, 3.63) is 35.4 Å². The maximum absolute atomic E-state index is 10.4. The number of aliphatic carboxylic acids is 2. The standard InChI is InChI=1S/C10H18O4.C8H6O4.C6H14O3/c11-9(12)7-5-3-1-2-4-6-8-10(13)14;9-7(10)5-2-1-3-6(4-5)8(11)12;1-5(8)4-9-6(2)3-7/h1-8H2,(H,11,12)(H,13,14);1-4H,(H,9,10)(H,11,12);5-8H,3-4H2,1-2H3. The van der Waals surface area contributed by atoms with Crippen LogP contribution in [0.15, 0.2) is 24.3 Å². The molecule has 35 heavy (non-hydrogen) atoms. The summed E-state index contributed by atoms with van der Waals surface area (Å²) in [6.07, 6.45) is 5.21. The smallest absolute Gasteiger partial charge is 0.335 e. The molecule has 0 bridgehead atoms. The maximum atomic E-state index is 10.4. The highest BCUT2D eigenvalue weighted by Crippen LogP contribution is 2.08. The number of aliphatic hydroxyl groups excluding tert-OH is 2. The van der Waals surface area contributed by atoms with E-state index in [0.717, 1.165) is 44.6 Å². The van der Waals surface area contributed by atoms with E-state index in [-0.39, 0.29) is 36.7 Å². The van der Waals surface area contributed by atoms with E-state index in [1.165, 1.54) is 18.2 Å². The highest BCUT2D eigenvalue weighted by atomic mass is 16.5. The van der Waals surface area contributed by atoms with Crippen LogP contribution in [0.5, 0.6) is 0 Å². The number of rotatable bonds is 15. The molecule has 2 unspecified atom stereocenters. The molecular weight excluding hydrogens is 464 g/mol. The molecule has 0 saturated carbocycles. The van der Waals surface area contributed by atoms with Crippen LogP contribution in [0, 0.1) is 0 Å². The number of carbonyl (C=O) groups is 4. The third kappa shape index (κ3) is 23.9. The van der Waals surface area contributed by atoms with E-state index < -0.39 is 30.0 Å². The van der Waals surface area contributed by atoms with Crippen molar-refractivity contribution in [3.63, 3.8) is 0 Å². The number of benzene rings is 1. The fourth-order valence-corrected chi connectivity index (χ4v) is 2.40. The molecule has 1 aromatic carbocycles. The molecule has 2 atom stereocenters. The number of hydrogen-bond donors (Lipinski definition) is 6. The van der Waals surface area contributed by atoms with Crippen molar-refractivity contribution >= 4 is 23.9 Å². The fourth-order valence-electron chi connectivity index (χ4n) is 2.40. The van der Waals surface area contributed by atoms with E-state index in [0.29, 0.717) is 6.61 Å². The fraction of sp³-hybridized carbons (Fsp3) is 0.583. The van der Waals surface area contributed by atoms with Crippen molar-refractivity contribution < 1.29 is 54.6 Å². The summed E-state index contributed by atoms with van der Waals surface area (Å²) in [5.74, 6) is -3.73. The van der Waals surface area contributed by atoms with Gasteiger partial charge in [0.2, 0.25) is 0 Å². The predicted molar refractivity (Wildman–Crippen MR) is 127 cm³/mol. The van der Waals surface area contributed by atoms with Crippen LogP contribution >= 0.6 is 0 Å². The zero-order valence-electron chi connectivity index (χ0n) is 20.3. The third-order valence-corrected chi connectivity index (χ3v) is 4.27. The Morgan fingerprint density at radius 2 is 1.17 bits per heavy atom. The minimum absolute atomic E-state index is 0.00667. The van der Waals surface area contributed by atoms with Crippen molar-refractivity contribution in [2.75, 3.05) is 13.2 Å². The van der Waals surface area contributed by atoms with Crippen LogP contribution in [0.3, 0.4) is 0 Å². The van der Waals surface area contributed by atoms with Crippen molar-refractivity contribution in [2.45, 2.75) is 77.4 Å². The molecule has 11 nitrogen and oxygen atoms in total. The third-order valence-electron chi connectivity index (χ3n) is 4.27. The number of carboxylic acid groups (broad SMARTS) is 4. The lowest BCUT2D eigenvalue weighted by molar-refractivity contribution is -0.138. The zero-order chi connectivity index (χ0) is 27.2. The largest absolute Gasteiger partial charge is 0.481 e. The molecule has 0 heterocycles. The average Bonchev–Trinajstić information content (AvgIpc) is 2.79. The summed E-state index contributed by atoms with van der Waals surface area (Å²) >= 11 is 0. The van der Waals surface area contributed by atoms with Gasteiger partial charge >= 0.3 is 23.9 Å². The Labute approximate surface area is 205 Å². The SMILES string of the molecule is CC(O)COC(C)CO.O=C(O)CCCCCCCCC(=O)O.O=C(O)c1cccc(C(=O)O)c1. The highest BCUT2D eigenvalue weighted by Gasteiger charge is 2.06. The molecule has 6 N–H and O–H groups in total. The Morgan fingerprint density at radius 1 is 0.771 bits per heavy atom. The van der Waals surface area contributed by atoms with Gasteiger partial charge < -0.3 is 35.4 Å².